The molecule has 0 radical (unpaired) electrons. The molecular weight excluding hydrogens is 272 g/mol. The average Bonchev–Trinajstić information content (AvgIpc) is 2.91. The smallest absolute Gasteiger partial charge is 0.287 e. The second-order valence-corrected chi connectivity index (χ2v) is 5.75. The summed E-state index contributed by atoms with van der Waals surface area (Å²) in [5, 5.41) is 17.1. The molecule has 2 rings (SSSR count). The SMILES string of the molecule is CC(C)n1cc([N+](=O)[O-])cc1C(=O)NCC1CCNCC1. The van der Waals surface area contributed by atoms with E-state index in [-0.39, 0.29) is 17.6 Å². The molecule has 2 N–H and O–H groups in total. The summed E-state index contributed by atoms with van der Waals surface area (Å²) in [6.07, 6.45) is 3.52. The summed E-state index contributed by atoms with van der Waals surface area (Å²) in [6.45, 7) is 6.38. The van der Waals surface area contributed by atoms with Gasteiger partial charge >= 0.3 is 0 Å². The topological polar surface area (TPSA) is 89.2 Å². The maximum Gasteiger partial charge on any atom is 0.287 e. The van der Waals surface area contributed by atoms with Gasteiger partial charge in [0.1, 0.15) is 5.69 Å². The van der Waals surface area contributed by atoms with Crippen LogP contribution in [0.15, 0.2) is 12.3 Å². The van der Waals surface area contributed by atoms with Gasteiger partial charge in [0.15, 0.2) is 0 Å². The Hall–Kier alpha value is -1.89. The summed E-state index contributed by atoms with van der Waals surface area (Å²) >= 11 is 0. The van der Waals surface area contributed by atoms with Crippen LogP contribution < -0.4 is 10.6 Å². The molecule has 1 saturated heterocycles. The molecule has 0 aliphatic carbocycles. The number of hydrogen-bond acceptors (Lipinski definition) is 4. The molecule has 1 fully saturated rings. The maximum atomic E-state index is 12.3. The first-order valence-corrected chi connectivity index (χ1v) is 7.34. The molecule has 1 aromatic heterocycles. The number of hydrogen-bond donors (Lipinski definition) is 2. The Kier molecular flexibility index (Phi) is 4.95. The highest BCUT2D eigenvalue weighted by Crippen LogP contribution is 2.21. The minimum Gasteiger partial charge on any atom is -0.350 e. The number of aromatic nitrogens is 1. The van der Waals surface area contributed by atoms with Gasteiger partial charge in [0.2, 0.25) is 0 Å². The third-order valence-corrected chi connectivity index (χ3v) is 3.84. The Labute approximate surface area is 123 Å². The predicted octanol–water partition coefficient (Wildman–Crippen LogP) is 1.71. The quantitative estimate of drug-likeness (QED) is 0.639. The van der Waals surface area contributed by atoms with Crippen LogP contribution in [0.1, 0.15) is 43.2 Å². The molecule has 2 heterocycles. The van der Waals surface area contributed by atoms with Crippen LogP contribution >= 0.6 is 0 Å². The van der Waals surface area contributed by atoms with Crippen molar-refractivity contribution in [3.8, 4) is 0 Å². The highest BCUT2D eigenvalue weighted by atomic mass is 16.6. The Morgan fingerprint density at radius 3 is 2.76 bits per heavy atom. The van der Waals surface area contributed by atoms with Crippen LogP contribution in [-0.2, 0) is 0 Å². The predicted molar refractivity (Wildman–Crippen MR) is 79.4 cm³/mol. The van der Waals surface area contributed by atoms with E-state index in [0.717, 1.165) is 25.9 Å². The van der Waals surface area contributed by atoms with Crippen LogP contribution in [0.25, 0.3) is 0 Å². The van der Waals surface area contributed by atoms with E-state index in [1.807, 2.05) is 13.8 Å². The Morgan fingerprint density at radius 2 is 2.19 bits per heavy atom. The van der Waals surface area contributed by atoms with Crippen LogP contribution in [0.2, 0.25) is 0 Å². The summed E-state index contributed by atoms with van der Waals surface area (Å²) in [5.41, 5.74) is 0.307. The van der Waals surface area contributed by atoms with Crippen LogP contribution in [0, 0.1) is 16.0 Å². The monoisotopic (exact) mass is 294 g/mol. The number of rotatable bonds is 5. The van der Waals surface area contributed by atoms with E-state index < -0.39 is 4.92 Å². The summed E-state index contributed by atoms with van der Waals surface area (Å²) in [4.78, 5) is 22.7. The van der Waals surface area contributed by atoms with Crippen molar-refractivity contribution in [2.45, 2.75) is 32.7 Å². The van der Waals surface area contributed by atoms with E-state index in [9.17, 15) is 14.9 Å². The molecule has 1 aliphatic rings. The molecule has 1 amide bonds. The van der Waals surface area contributed by atoms with Crippen LogP contribution in [0.5, 0.6) is 0 Å². The minimum atomic E-state index is -0.470. The van der Waals surface area contributed by atoms with Gasteiger partial charge < -0.3 is 15.2 Å². The molecule has 1 aliphatic heterocycles. The van der Waals surface area contributed by atoms with Crippen molar-refractivity contribution in [3.05, 3.63) is 28.1 Å². The minimum absolute atomic E-state index is 0.00155. The zero-order valence-electron chi connectivity index (χ0n) is 12.5. The summed E-state index contributed by atoms with van der Waals surface area (Å²) in [5.74, 6) is 0.239. The lowest BCUT2D eigenvalue weighted by Gasteiger charge is -2.23. The van der Waals surface area contributed by atoms with Crippen LogP contribution in [0.3, 0.4) is 0 Å². The molecule has 0 atom stereocenters. The van der Waals surface area contributed by atoms with Crippen molar-refractivity contribution in [2.75, 3.05) is 19.6 Å². The lowest BCUT2D eigenvalue weighted by atomic mass is 9.98. The fourth-order valence-corrected chi connectivity index (χ4v) is 2.59. The Morgan fingerprint density at radius 1 is 1.52 bits per heavy atom. The summed E-state index contributed by atoms with van der Waals surface area (Å²) in [6, 6.07) is 1.34. The summed E-state index contributed by atoms with van der Waals surface area (Å²) in [7, 11) is 0. The van der Waals surface area contributed by atoms with Crippen molar-refractivity contribution >= 4 is 11.6 Å². The number of nitrogens with zero attached hydrogens (tertiary/aromatic N) is 2. The second-order valence-electron chi connectivity index (χ2n) is 5.75. The van der Waals surface area contributed by atoms with Gasteiger partial charge in [-0.15, -0.1) is 0 Å². The van der Waals surface area contributed by atoms with Gasteiger partial charge in [0, 0.05) is 18.7 Å². The third-order valence-electron chi connectivity index (χ3n) is 3.84. The number of carbonyl (C=O) groups is 1. The normalized spacial score (nSPS) is 16.1. The van der Waals surface area contributed by atoms with Gasteiger partial charge in [0.05, 0.1) is 11.1 Å². The van der Waals surface area contributed by atoms with Crippen LogP contribution in [-0.4, -0.2) is 35.0 Å². The number of carbonyl (C=O) groups excluding carboxylic acids is 1. The molecular formula is C14H22N4O3. The fraction of sp³-hybridized carbons (Fsp3) is 0.643. The molecule has 21 heavy (non-hydrogen) atoms. The van der Waals surface area contributed by atoms with Crippen molar-refractivity contribution < 1.29 is 9.72 Å². The van der Waals surface area contributed by atoms with E-state index >= 15 is 0 Å². The molecule has 7 heteroatoms. The Bertz CT molecular complexity index is 518. The molecule has 1 aromatic rings. The molecule has 0 bridgehead atoms. The van der Waals surface area contributed by atoms with Crippen molar-refractivity contribution in [1.82, 2.24) is 15.2 Å². The average molecular weight is 294 g/mol. The maximum absolute atomic E-state index is 12.3. The second kappa shape index (κ2) is 6.71. The van der Waals surface area contributed by atoms with Gasteiger partial charge in [-0.05, 0) is 45.7 Å². The van der Waals surface area contributed by atoms with E-state index in [0.29, 0.717) is 18.2 Å². The van der Waals surface area contributed by atoms with Gasteiger partial charge in [-0.25, -0.2) is 0 Å². The van der Waals surface area contributed by atoms with Crippen molar-refractivity contribution in [2.24, 2.45) is 5.92 Å². The van der Waals surface area contributed by atoms with Gasteiger partial charge in [0.25, 0.3) is 11.6 Å². The van der Waals surface area contributed by atoms with Crippen LogP contribution in [0.4, 0.5) is 5.69 Å². The molecule has 0 unspecified atom stereocenters. The highest BCUT2D eigenvalue weighted by Gasteiger charge is 2.21. The molecule has 0 saturated carbocycles. The number of piperidine rings is 1. The molecule has 116 valence electrons. The van der Waals surface area contributed by atoms with Crippen molar-refractivity contribution in [1.29, 1.82) is 0 Å². The van der Waals surface area contributed by atoms with Gasteiger partial charge in [-0.3, -0.25) is 14.9 Å². The first kappa shape index (κ1) is 15.5. The standard InChI is InChI=1S/C14H22N4O3/c1-10(2)17-9-12(18(20)21)7-13(17)14(19)16-8-11-3-5-15-6-4-11/h7,9-11,15H,3-6,8H2,1-2H3,(H,16,19). The number of nitrogens with one attached hydrogen (secondary N) is 2. The first-order valence-electron chi connectivity index (χ1n) is 7.34. The lowest BCUT2D eigenvalue weighted by molar-refractivity contribution is -0.384. The fourth-order valence-electron chi connectivity index (χ4n) is 2.59. The van der Waals surface area contributed by atoms with Crippen molar-refractivity contribution in [3.63, 3.8) is 0 Å². The summed E-state index contributed by atoms with van der Waals surface area (Å²) < 4.78 is 1.65. The highest BCUT2D eigenvalue weighted by molar-refractivity contribution is 5.93. The van der Waals surface area contributed by atoms with Gasteiger partial charge in [-0.2, -0.15) is 0 Å². The first-order chi connectivity index (χ1) is 9.99. The van der Waals surface area contributed by atoms with Gasteiger partial charge in [-0.1, -0.05) is 0 Å². The zero-order chi connectivity index (χ0) is 15.4. The Balaban J connectivity index is 2.05. The molecule has 0 aromatic carbocycles. The van der Waals surface area contributed by atoms with E-state index in [2.05, 4.69) is 10.6 Å². The van der Waals surface area contributed by atoms with E-state index in [1.54, 1.807) is 4.57 Å². The third kappa shape index (κ3) is 3.81. The number of amides is 1. The number of nitro groups is 1. The molecule has 0 spiro atoms. The lowest BCUT2D eigenvalue weighted by Crippen LogP contribution is -2.36. The molecule has 7 nitrogen and oxygen atoms in total. The van der Waals surface area contributed by atoms with E-state index in [4.69, 9.17) is 0 Å². The van der Waals surface area contributed by atoms with E-state index in [1.165, 1.54) is 12.3 Å². The largest absolute Gasteiger partial charge is 0.350 e. The zero-order valence-corrected chi connectivity index (χ0v) is 12.5.